The number of anilines is 1. The molecule has 0 aliphatic heterocycles. The fraction of sp³-hybridized carbons (Fsp3) is 0.429. The van der Waals surface area contributed by atoms with Gasteiger partial charge in [0, 0.05) is 22.5 Å². The van der Waals surface area contributed by atoms with Crippen molar-refractivity contribution in [1.29, 1.82) is 0 Å². The largest absolute Gasteiger partial charge is 0.331 e. The SMILES string of the molecule is O=C(NC(=S)Nc1ccc([N+](=O)[O-])cc1Br)C1CCCCC1. The van der Waals surface area contributed by atoms with Gasteiger partial charge in [-0.3, -0.25) is 14.9 Å². The first-order valence-electron chi connectivity index (χ1n) is 7.03. The van der Waals surface area contributed by atoms with Crippen LogP contribution in [0, 0.1) is 16.0 Å². The van der Waals surface area contributed by atoms with E-state index >= 15 is 0 Å². The Morgan fingerprint density at radius 3 is 2.59 bits per heavy atom. The molecular formula is C14H16BrN3O3S. The maximum absolute atomic E-state index is 12.1. The number of nitro benzene ring substituents is 1. The molecule has 1 fully saturated rings. The van der Waals surface area contributed by atoms with Crippen LogP contribution in [0.4, 0.5) is 11.4 Å². The Morgan fingerprint density at radius 1 is 1.32 bits per heavy atom. The van der Waals surface area contributed by atoms with Crippen molar-refractivity contribution >= 4 is 50.5 Å². The fourth-order valence-corrected chi connectivity index (χ4v) is 3.13. The number of amides is 1. The van der Waals surface area contributed by atoms with Gasteiger partial charge in [0.05, 0.1) is 10.6 Å². The molecule has 0 heterocycles. The average molecular weight is 386 g/mol. The van der Waals surface area contributed by atoms with Crippen LogP contribution in [0.1, 0.15) is 32.1 Å². The Balaban J connectivity index is 1.94. The highest BCUT2D eigenvalue weighted by Crippen LogP contribution is 2.27. The average Bonchev–Trinajstić information content (AvgIpc) is 2.50. The molecule has 0 saturated heterocycles. The van der Waals surface area contributed by atoms with E-state index in [0.29, 0.717) is 10.2 Å². The number of hydrogen-bond donors (Lipinski definition) is 2. The molecule has 0 aromatic heterocycles. The summed E-state index contributed by atoms with van der Waals surface area (Å²) in [5.41, 5.74) is 0.550. The lowest BCUT2D eigenvalue weighted by Gasteiger charge is -2.21. The van der Waals surface area contributed by atoms with Gasteiger partial charge in [-0.25, -0.2) is 0 Å². The Kier molecular flexibility index (Phi) is 5.84. The minimum absolute atomic E-state index is 0.0189. The molecule has 2 N–H and O–H groups in total. The third-order valence-corrected chi connectivity index (χ3v) is 4.48. The van der Waals surface area contributed by atoms with Crippen molar-refractivity contribution in [2.45, 2.75) is 32.1 Å². The Bertz CT molecular complexity index is 603. The molecule has 0 bridgehead atoms. The first-order valence-corrected chi connectivity index (χ1v) is 8.23. The maximum Gasteiger partial charge on any atom is 0.270 e. The number of carbonyl (C=O) groups is 1. The van der Waals surface area contributed by atoms with Crippen LogP contribution in [0.3, 0.4) is 0 Å². The number of non-ortho nitro benzene ring substituents is 1. The van der Waals surface area contributed by atoms with Gasteiger partial charge in [-0.15, -0.1) is 0 Å². The number of nitrogens with zero attached hydrogens (tertiary/aromatic N) is 1. The minimum Gasteiger partial charge on any atom is -0.331 e. The van der Waals surface area contributed by atoms with Gasteiger partial charge in [-0.05, 0) is 47.1 Å². The first kappa shape index (κ1) is 16.8. The Labute approximate surface area is 141 Å². The van der Waals surface area contributed by atoms with Gasteiger partial charge < -0.3 is 10.6 Å². The summed E-state index contributed by atoms with van der Waals surface area (Å²) in [5, 5.41) is 16.5. The second-order valence-electron chi connectivity index (χ2n) is 5.20. The van der Waals surface area contributed by atoms with Gasteiger partial charge in [0.2, 0.25) is 5.91 Å². The van der Waals surface area contributed by atoms with Gasteiger partial charge in [-0.2, -0.15) is 0 Å². The van der Waals surface area contributed by atoms with Crippen LogP contribution in [0.15, 0.2) is 22.7 Å². The number of benzene rings is 1. The lowest BCUT2D eigenvalue weighted by Crippen LogP contribution is -2.39. The molecule has 1 aromatic rings. The minimum atomic E-state index is -0.474. The molecule has 1 aliphatic rings. The summed E-state index contributed by atoms with van der Waals surface area (Å²) in [5.74, 6) is -0.0379. The molecule has 0 atom stereocenters. The van der Waals surface area contributed by atoms with E-state index in [4.69, 9.17) is 12.2 Å². The van der Waals surface area contributed by atoms with Gasteiger partial charge in [0.1, 0.15) is 0 Å². The molecule has 1 saturated carbocycles. The van der Waals surface area contributed by atoms with Gasteiger partial charge in [-0.1, -0.05) is 19.3 Å². The molecule has 8 heteroatoms. The molecule has 1 amide bonds. The summed E-state index contributed by atoms with van der Waals surface area (Å²) in [6.07, 6.45) is 5.13. The van der Waals surface area contributed by atoms with E-state index < -0.39 is 4.92 Å². The number of carbonyl (C=O) groups excluding carboxylic acids is 1. The predicted octanol–water partition coefficient (Wildman–Crippen LogP) is 3.75. The van der Waals surface area contributed by atoms with Crippen molar-refractivity contribution in [3.8, 4) is 0 Å². The zero-order chi connectivity index (χ0) is 16.1. The van der Waals surface area contributed by atoms with Crippen molar-refractivity contribution in [3.63, 3.8) is 0 Å². The third-order valence-electron chi connectivity index (χ3n) is 3.62. The van der Waals surface area contributed by atoms with Crippen LogP contribution in [-0.2, 0) is 4.79 Å². The molecule has 1 aliphatic carbocycles. The van der Waals surface area contributed by atoms with Crippen molar-refractivity contribution in [2.75, 3.05) is 5.32 Å². The van der Waals surface area contributed by atoms with Gasteiger partial charge >= 0.3 is 0 Å². The van der Waals surface area contributed by atoms with E-state index in [1.807, 2.05) is 0 Å². The lowest BCUT2D eigenvalue weighted by atomic mass is 9.89. The van der Waals surface area contributed by atoms with Crippen LogP contribution in [0.2, 0.25) is 0 Å². The number of nitro groups is 1. The summed E-state index contributed by atoms with van der Waals surface area (Å²) in [6.45, 7) is 0. The fourth-order valence-electron chi connectivity index (χ4n) is 2.45. The summed E-state index contributed by atoms with van der Waals surface area (Å²) in [4.78, 5) is 22.3. The topological polar surface area (TPSA) is 84.3 Å². The maximum atomic E-state index is 12.1. The number of thiocarbonyl (C=S) groups is 1. The smallest absolute Gasteiger partial charge is 0.270 e. The molecule has 0 radical (unpaired) electrons. The van der Waals surface area contributed by atoms with Crippen molar-refractivity contribution in [1.82, 2.24) is 5.32 Å². The van der Waals surface area contributed by atoms with Crippen molar-refractivity contribution in [2.24, 2.45) is 5.92 Å². The van der Waals surface area contributed by atoms with Crippen LogP contribution in [0.25, 0.3) is 0 Å². The second kappa shape index (κ2) is 7.64. The van der Waals surface area contributed by atoms with Gasteiger partial charge in [0.25, 0.3) is 5.69 Å². The highest BCUT2D eigenvalue weighted by molar-refractivity contribution is 9.10. The molecule has 118 valence electrons. The monoisotopic (exact) mass is 385 g/mol. The van der Waals surface area contributed by atoms with E-state index in [9.17, 15) is 14.9 Å². The van der Waals surface area contributed by atoms with E-state index in [1.54, 1.807) is 6.07 Å². The van der Waals surface area contributed by atoms with E-state index in [-0.39, 0.29) is 22.6 Å². The molecule has 1 aromatic carbocycles. The van der Waals surface area contributed by atoms with Crippen LogP contribution < -0.4 is 10.6 Å². The highest BCUT2D eigenvalue weighted by Gasteiger charge is 2.21. The third kappa shape index (κ3) is 4.48. The highest BCUT2D eigenvalue weighted by atomic mass is 79.9. The van der Waals surface area contributed by atoms with Crippen molar-refractivity contribution in [3.05, 3.63) is 32.8 Å². The summed E-state index contributed by atoms with van der Waals surface area (Å²) in [7, 11) is 0. The van der Waals surface area contributed by atoms with E-state index in [1.165, 1.54) is 18.6 Å². The molecule has 0 unspecified atom stereocenters. The molecule has 0 spiro atoms. The van der Waals surface area contributed by atoms with Crippen LogP contribution in [-0.4, -0.2) is 15.9 Å². The number of rotatable bonds is 3. The van der Waals surface area contributed by atoms with E-state index in [0.717, 1.165) is 25.7 Å². The lowest BCUT2D eigenvalue weighted by molar-refractivity contribution is -0.384. The standard InChI is InChI=1S/C14H16BrN3O3S/c15-11-8-10(18(20)21)6-7-12(11)16-14(22)17-13(19)9-4-2-1-3-5-9/h6-9H,1-5H2,(H2,16,17,19,22). The molecular weight excluding hydrogens is 370 g/mol. The normalized spacial score (nSPS) is 15.1. The van der Waals surface area contributed by atoms with Crippen LogP contribution in [0.5, 0.6) is 0 Å². The second-order valence-corrected chi connectivity index (χ2v) is 6.46. The summed E-state index contributed by atoms with van der Waals surface area (Å²) >= 11 is 8.38. The van der Waals surface area contributed by atoms with E-state index in [2.05, 4.69) is 26.6 Å². The summed E-state index contributed by atoms with van der Waals surface area (Å²) < 4.78 is 0.510. The van der Waals surface area contributed by atoms with Gasteiger partial charge in [0.15, 0.2) is 5.11 Å². The molecule has 2 rings (SSSR count). The Hall–Kier alpha value is -1.54. The molecule has 22 heavy (non-hydrogen) atoms. The Morgan fingerprint density at radius 2 is 2.00 bits per heavy atom. The number of nitrogens with one attached hydrogen (secondary N) is 2. The predicted molar refractivity (Wildman–Crippen MR) is 91.7 cm³/mol. The van der Waals surface area contributed by atoms with Crippen molar-refractivity contribution < 1.29 is 9.72 Å². The zero-order valence-corrected chi connectivity index (χ0v) is 14.2. The first-order chi connectivity index (χ1) is 10.5. The number of halogens is 1. The quantitative estimate of drug-likeness (QED) is 0.470. The number of hydrogen-bond acceptors (Lipinski definition) is 4. The summed E-state index contributed by atoms with van der Waals surface area (Å²) in [6, 6.07) is 4.30. The molecule has 6 nitrogen and oxygen atoms in total. The van der Waals surface area contributed by atoms with Crippen LogP contribution >= 0.6 is 28.1 Å². The zero-order valence-electron chi connectivity index (χ0n) is 11.8.